The lowest BCUT2D eigenvalue weighted by atomic mass is 9.99. The zero-order chi connectivity index (χ0) is 25.5. The predicted octanol–water partition coefficient (Wildman–Crippen LogP) is 6.59. The molecule has 1 saturated carbocycles. The third-order valence-corrected chi connectivity index (χ3v) is 8.24. The number of carbonyl (C=O) groups excluding carboxylic acids is 1. The zero-order valence-electron chi connectivity index (χ0n) is 21.8. The first-order valence-corrected chi connectivity index (χ1v) is 13.4. The number of aryl methyl sites for hydroxylation is 2. The van der Waals surface area contributed by atoms with Crippen molar-refractivity contribution in [1.82, 2.24) is 10.1 Å². The highest BCUT2D eigenvalue weighted by molar-refractivity contribution is 5.92. The molecule has 7 heteroatoms. The van der Waals surface area contributed by atoms with E-state index in [2.05, 4.69) is 29.5 Å². The van der Waals surface area contributed by atoms with Crippen LogP contribution in [0.1, 0.15) is 66.9 Å². The highest BCUT2D eigenvalue weighted by Gasteiger charge is 2.44. The monoisotopic (exact) mass is 501 g/mol. The molecule has 2 bridgehead atoms. The number of para-hydroxylation sites is 1. The maximum absolute atomic E-state index is 13.4. The van der Waals surface area contributed by atoms with Crippen LogP contribution in [0.25, 0.3) is 11.3 Å². The van der Waals surface area contributed by atoms with Gasteiger partial charge in [0.15, 0.2) is 0 Å². The Morgan fingerprint density at radius 2 is 1.76 bits per heavy atom. The molecular formula is C30H35N3O4. The maximum Gasteiger partial charge on any atom is 0.322 e. The van der Waals surface area contributed by atoms with Crippen LogP contribution in [-0.2, 0) is 11.3 Å². The van der Waals surface area contributed by atoms with E-state index in [-0.39, 0.29) is 24.2 Å². The first kappa shape index (κ1) is 24.0. The summed E-state index contributed by atoms with van der Waals surface area (Å²) < 4.78 is 17.9. The molecule has 37 heavy (non-hydrogen) atoms. The normalized spacial score (nSPS) is 22.8. The summed E-state index contributed by atoms with van der Waals surface area (Å²) in [5.41, 5.74) is 6.03. The van der Waals surface area contributed by atoms with Crippen LogP contribution in [0.15, 0.2) is 47.0 Å². The Hall–Kier alpha value is -3.32. The number of aromatic nitrogens is 1. The molecule has 1 aromatic heterocycles. The minimum Gasteiger partial charge on any atom is -0.495 e. The van der Waals surface area contributed by atoms with E-state index in [1.807, 2.05) is 42.2 Å². The lowest BCUT2D eigenvalue weighted by Gasteiger charge is -2.39. The second-order valence-electron chi connectivity index (χ2n) is 10.7. The summed E-state index contributed by atoms with van der Waals surface area (Å²) in [6, 6.07) is 14.4. The average molecular weight is 502 g/mol. The predicted molar refractivity (Wildman–Crippen MR) is 142 cm³/mol. The Balaban J connectivity index is 1.15. The molecule has 3 aromatic rings. The van der Waals surface area contributed by atoms with E-state index in [9.17, 15) is 4.79 Å². The van der Waals surface area contributed by atoms with E-state index in [1.165, 1.54) is 5.56 Å². The molecule has 3 aliphatic rings. The Labute approximate surface area is 218 Å². The molecule has 3 heterocycles. The second-order valence-corrected chi connectivity index (χ2v) is 10.7. The summed E-state index contributed by atoms with van der Waals surface area (Å²) in [7, 11) is 1.63. The molecule has 2 amide bonds. The minimum atomic E-state index is -0.0459. The molecule has 194 valence electrons. The molecule has 6 rings (SSSR count). The van der Waals surface area contributed by atoms with Crippen molar-refractivity contribution in [3.63, 3.8) is 0 Å². The topological polar surface area (TPSA) is 76.8 Å². The van der Waals surface area contributed by atoms with Crippen LogP contribution in [0.5, 0.6) is 5.75 Å². The van der Waals surface area contributed by atoms with Crippen LogP contribution in [0.2, 0.25) is 0 Å². The average Bonchev–Trinajstić information content (AvgIpc) is 3.60. The van der Waals surface area contributed by atoms with Gasteiger partial charge in [0.1, 0.15) is 17.2 Å². The number of benzene rings is 2. The first-order chi connectivity index (χ1) is 18.0. The summed E-state index contributed by atoms with van der Waals surface area (Å²) in [6.45, 7) is 4.59. The molecule has 1 N–H and O–H groups in total. The van der Waals surface area contributed by atoms with E-state index in [1.54, 1.807) is 7.11 Å². The number of amides is 2. The zero-order valence-corrected chi connectivity index (χ0v) is 21.8. The largest absolute Gasteiger partial charge is 0.495 e. The number of nitrogens with one attached hydrogen (secondary N) is 1. The van der Waals surface area contributed by atoms with Crippen LogP contribution in [0, 0.1) is 13.8 Å². The van der Waals surface area contributed by atoms with Gasteiger partial charge in [0, 0.05) is 29.1 Å². The highest BCUT2D eigenvalue weighted by Crippen LogP contribution is 2.45. The van der Waals surface area contributed by atoms with E-state index in [0.717, 1.165) is 72.4 Å². The van der Waals surface area contributed by atoms with Crippen molar-refractivity contribution >= 4 is 11.7 Å². The third kappa shape index (κ3) is 4.61. The molecule has 2 aromatic carbocycles. The number of carbonyl (C=O) groups is 1. The van der Waals surface area contributed by atoms with Crippen LogP contribution in [0.4, 0.5) is 10.5 Å². The van der Waals surface area contributed by atoms with Gasteiger partial charge in [0.05, 0.1) is 25.5 Å². The summed E-state index contributed by atoms with van der Waals surface area (Å²) in [5, 5.41) is 7.61. The molecule has 2 atom stereocenters. The number of hydrogen-bond donors (Lipinski definition) is 1. The molecule has 2 aliphatic heterocycles. The Bertz CT molecular complexity index is 1280. The third-order valence-electron chi connectivity index (χ3n) is 8.24. The van der Waals surface area contributed by atoms with Gasteiger partial charge in [-0.05, 0) is 69.6 Å². The van der Waals surface area contributed by atoms with Crippen LogP contribution in [-0.4, -0.2) is 41.4 Å². The van der Waals surface area contributed by atoms with E-state index in [0.29, 0.717) is 18.3 Å². The molecule has 2 unspecified atom stereocenters. The van der Waals surface area contributed by atoms with Gasteiger partial charge in [-0.3, -0.25) is 0 Å². The Kier molecular flexibility index (Phi) is 6.41. The van der Waals surface area contributed by atoms with Gasteiger partial charge < -0.3 is 24.2 Å². The molecule has 0 radical (unpaired) electrons. The number of fused-ring (bicyclic) bond motifs is 2. The molecule has 7 nitrogen and oxygen atoms in total. The fraction of sp³-hybridized carbons (Fsp3) is 0.467. The van der Waals surface area contributed by atoms with E-state index >= 15 is 0 Å². The number of urea groups is 1. The summed E-state index contributed by atoms with van der Waals surface area (Å²) in [5.74, 6) is 2.14. The maximum atomic E-state index is 13.4. The minimum absolute atomic E-state index is 0.0459. The molecule has 3 fully saturated rings. The van der Waals surface area contributed by atoms with Crippen molar-refractivity contribution in [1.29, 1.82) is 0 Å². The SMILES string of the molecule is COc1cccc(C)c1NC(=O)N1C2CCC1CC(OCc1c(-c3ccccc3C)noc1C1CC1)C2. The lowest BCUT2D eigenvalue weighted by Crippen LogP contribution is -2.50. The number of nitrogens with zero attached hydrogens (tertiary/aromatic N) is 2. The fourth-order valence-corrected chi connectivity index (χ4v) is 6.12. The second kappa shape index (κ2) is 9.86. The smallest absolute Gasteiger partial charge is 0.322 e. The van der Waals surface area contributed by atoms with Crippen LogP contribution in [0.3, 0.4) is 0 Å². The van der Waals surface area contributed by atoms with Gasteiger partial charge in [-0.2, -0.15) is 0 Å². The van der Waals surface area contributed by atoms with Crippen molar-refractivity contribution in [3.05, 3.63) is 64.9 Å². The molecule has 2 saturated heterocycles. The van der Waals surface area contributed by atoms with Gasteiger partial charge in [0.25, 0.3) is 0 Å². The number of methoxy groups -OCH3 is 1. The molecule has 1 aliphatic carbocycles. The van der Waals surface area contributed by atoms with Crippen molar-refractivity contribution in [2.75, 3.05) is 12.4 Å². The van der Waals surface area contributed by atoms with Crippen LogP contribution >= 0.6 is 0 Å². The van der Waals surface area contributed by atoms with Crippen LogP contribution < -0.4 is 10.1 Å². The van der Waals surface area contributed by atoms with Crippen molar-refractivity contribution < 1.29 is 18.8 Å². The highest BCUT2D eigenvalue weighted by atomic mass is 16.5. The number of piperidine rings is 1. The molecular weight excluding hydrogens is 466 g/mol. The Morgan fingerprint density at radius 1 is 1.03 bits per heavy atom. The standard InChI is InChI=1S/C30H35N3O4/c1-18-7-4-5-9-24(18)28-25(29(37-32-28)20-11-12-20)17-36-23-15-21-13-14-22(16-23)33(21)30(34)31-27-19(2)8-6-10-26(27)35-3/h4-10,20-23H,11-17H2,1-3H3,(H,31,34). The molecule has 0 spiro atoms. The Morgan fingerprint density at radius 3 is 2.46 bits per heavy atom. The number of anilines is 1. The number of ether oxygens (including phenoxy) is 2. The van der Waals surface area contributed by atoms with Crippen molar-refractivity contribution in [2.24, 2.45) is 0 Å². The summed E-state index contributed by atoms with van der Waals surface area (Å²) in [6.07, 6.45) is 6.13. The van der Waals surface area contributed by atoms with Gasteiger partial charge in [-0.15, -0.1) is 0 Å². The van der Waals surface area contributed by atoms with Crippen molar-refractivity contribution in [3.8, 4) is 17.0 Å². The van der Waals surface area contributed by atoms with Crippen molar-refractivity contribution in [2.45, 2.75) is 83.1 Å². The lowest BCUT2D eigenvalue weighted by molar-refractivity contribution is -0.0158. The number of rotatable bonds is 7. The van der Waals surface area contributed by atoms with Gasteiger partial charge in [0.2, 0.25) is 0 Å². The van der Waals surface area contributed by atoms with Gasteiger partial charge >= 0.3 is 6.03 Å². The van der Waals surface area contributed by atoms with E-state index in [4.69, 9.17) is 14.0 Å². The first-order valence-electron chi connectivity index (χ1n) is 13.4. The summed E-state index contributed by atoms with van der Waals surface area (Å²) >= 11 is 0. The van der Waals surface area contributed by atoms with Gasteiger partial charge in [-0.1, -0.05) is 41.6 Å². The van der Waals surface area contributed by atoms with E-state index < -0.39 is 0 Å². The quantitative estimate of drug-likeness (QED) is 0.395. The number of hydrogen-bond acceptors (Lipinski definition) is 5. The summed E-state index contributed by atoms with van der Waals surface area (Å²) in [4.78, 5) is 15.4. The fourth-order valence-electron chi connectivity index (χ4n) is 6.12. The van der Waals surface area contributed by atoms with Gasteiger partial charge in [-0.25, -0.2) is 4.79 Å².